The van der Waals surface area contributed by atoms with E-state index in [9.17, 15) is 35.9 Å². The van der Waals surface area contributed by atoms with Crippen molar-refractivity contribution in [3.8, 4) is 11.5 Å². The average Bonchev–Trinajstić information content (AvgIpc) is 3.40. The summed E-state index contributed by atoms with van der Waals surface area (Å²) in [7, 11) is 0. The third-order valence-electron chi connectivity index (χ3n) is 6.06. The normalized spacial score (nSPS) is 21.7. The fourth-order valence-electron chi connectivity index (χ4n) is 4.14. The van der Waals surface area contributed by atoms with E-state index in [0.717, 1.165) is 18.7 Å². The summed E-state index contributed by atoms with van der Waals surface area (Å²) < 4.78 is 90.9. The SMILES string of the molecule is CC(C)(OC(=O)N[C@H]1C(N2Cc3ncc(-c4nnc(C(F)F)o4)cc3C2=O)CCCC1(F)F)C(F)F. The number of rotatable bonds is 6. The van der Waals surface area contributed by atoms with Gasteiger partial charge in [-0.3, -0.25) is 9.78 Å². The first-order valence-electron chi connectivity index (χ1n) is 10.9. The number of ether oxygens (including phenoxy) is 1. The topological polar surface area (TPSA) is 110 Å². The first-order chi connectivity index (χ1) is 16.8. The summed E-state index contributed by atoms with van der Waals surface area (Å²) in [5.41, 5.74) is -1.91. The summed E-state index contributed by atoms with van der Waals surface area (Å²) in [4.78, 5) is 30.6. The molecule has 9 nitrogen and oxygen atoms in total. The van der Waals surface area contributed by atoms with E-state index in [-0.39, 0.29) is 42.1 Å². The minimum absolute atomic E-state index is 0.0124. The highest BCUT2D eigenvalue weighted by Gasteiger charge is 2.52. The van der Waals surface area contributed by atoms with Gasteiger partial charge in [0, 0.05) is 12.6 Å². The van der Waals surface area contributed by atoms with Crippen LogP contribution < -0.4 is 5.32 Å². The van der Waals surface area contributed by atoms with Crippen molar-refractivity contribution in [2.45, 2.75) is 76.1 Å². The molecule has 0 spiro atoms. The van der Waals surface area contributed by atoms with Crippen LogP contribution in [0, 0.1) is 0 Å². The van der Waals surface area contributed by atoms with Gasteiger partial charge in [-0.1, -0.05) is 0 Å². The second-order valence-electron chi connectivity index (χ2n) is 9.03. The van der Waals surface area contributed by atoms with Crippen molar-refractivity contribution < 1.29 is 45.1 Å². The number of halogens is 6. The molecule has 0 radical (unpaired) electrons. The maximum Gasteiger partial charge on any atom is 0.408 e. The summed E-state index contributed by atoms with van der Waals surface area (Å²) in [6, 6.07) is -1.83. The predicted octanol–water partition coefficient (Wildman–Crippen LogP) is 4.35. The molecule has 2 aliphatic rings. The van der Waals surface area contributed by atoms with E-state index < -0.39 is 60.8 Å². The van der Waals surface area contributed by atoms with E-state index >= 15 is 0 Å². The number of hydrogen-bond donors (Lipinski definition) is 1. The van der Waals surface area contributed by atoms with Crippen LogP contribution in [-0.4, -0.2) is 62.1 Å². The molecule has 2 aromatic heterocycles. The van der Waals surface area contributed by atoms with Crippen LogP contribution in [0.5, 0.6) is 0 Å². The van der Waals surface area contributed by atoms with Crippen molar-refractivity contribution in [2.24, 2.45) is 0 Å². The predicted molar refractivity (Wildman–Crippen MR) is 108 cm³/mol. The van der Waals surface area contributed by atoms with Gasteiger partial charge in [0.05, 0.1) is 29.4 Å². The molecule has 15 heteroatoms. The van der Waals surface area contributed by atoms with E-state index in [2.05, 4.69) is 19.9 Å². The molecular weight excluding hydrogens is 500 g/mol. The van der Waals surface area contributed by atoms with Gasteiger partial charge >= 0.3 is 12.5 Å². The van der Waals surface area contributed by atoms with Crippen LogP contribution in [0.25, 0.3) is 11.5 Å². The summed E-state index contributed by atoms with van der Waals surface area (Å²) in [6.45, 7) is 1.70. The molecule has 2 aromatic rings. The van der Waals surface area contributed by atoms with Gasteiger partial charge in [-0.15, -0.1) is 10.2 Å². The molecule has 196 valence electrons. The molecule has 0 aromatic carbocycles. The van der Waals surface area contributed by atoms with Crippen LogP contribution in [-0.2, 0) is 11.3 Å². The van der Waals surface area contributed by atoms with Crippen molar-refractivity contribution in [3.05, 3.63) is 29.4 Å². The van der Waals surface area contributed by atoms with Crippen molar-refractivity contribution in [3.63, 3.8) is 0 Å². The summed E-state index contributed by atoms with van der Waals surface area (Å²) >= 11 is 0. The summed E-state index contributed by atoms with van der Waals surface area (Å²) in [5, 5.41) is 8.69. The van der Waals surface area contributed by atoms with Crippen LogP contribution in [0.15, 0.2) is 16.7 Å². The number of hydrogen-bond acceptors (Lipinski definition) is 7. The lowest BCUT2D eigenvalue weighted by Gasteiger charge is -2.42. The standard InChI is InChI=1S/C21H21F6N5O4/c1-20(2,18(24)25)36-19(34)29-13-12(4-3-5-21(13,26)27)32-8-11-10(17(32)33)6-9(7-28-11)15-30-31-16(35-15)14(22)23/h6-7,12-14,18H,3-5,8H2,1-2H3,(H,29,34)/t12?,13-/m0/s1. The Bertz CT molecular complexity index is 1160. The first-order valence-corrected chi connectivity index (χ1v) is 10.9. The Labute approximate surface area is 200 Å². The molecule has 1 aliphatic carbocycles. The summed E-state index contributed by atoms with van der Waals surface area (Å²) in [6.07, 6.45) is -6.77. The molecule has 36 heavy (non-hydrogen) atoms. The van der Waals surface area contributed by atoms with Gasteiger partial charge in [0.25, 0.3) is 24.1 Å². The zero-order valence-corrected chi connectivity index (χ0v) is 19.0. The van der Waals surface area contributed by atoms with Crippen LogP contribution in [0.4, 0.5) is 31.1 Å². The van der Waals surface area contributed by atoms with Crippen molar-refractivity contribution in [2.75, 3.05) is 0 Å². The molecule has 1 saturated carbocycles. The average molecular weight is 521 g/mol. The Morgan fingerprint density at radius 2 is 2.00 bits per heavy atom. The minimum atomic E-state index is -3.46. The van der Waals surface area contributed by atoms with Crippen LogP contribution in [0.1, 0.15) is 61.5 Å². The molecule has 3 heterocycles. The number of pyridine rings is 1. The number of carbonyl (C=O) groups excluding carboxylic acids is 2. The highest BCUT2D eigenvalue weighted by Crippen LogP contribution is 2.39. The Morgan fingerprint density at radius 1 is 1.28 bits per heavy atom. The van der Waals surface area contributed by atoms with Gasteiger partial charge in [0.1, 0.15) is 6.04 Å². The molecule has 1 N–H and O–H groups in total. The van der Waals surface area contributed by atoms with Crippen LogP contribution in [0.3, 0.4) is 0 Å². The van der Waals surface area contributed by atoms with E-state index in [1.54, 1.807) is 0 Å². The second kappa shape index (κ2) is 9.24. The number of carbonyl (C=O) groups is 2. The molecule has 1 aliphatic heterocycles. The number of nitrogens with one attached hydrogen (secondary N) is 1. The molecular formula is C21H21F6N5O4. The molecule has 0 bridgehead atoms. The van der Waals surface area contributed by atoms with E-state index in [1.165, 1.54) is 12.3 Å². The lowest BCUT2D eigenvalue weighted by Crippen LogP contribution is -2.62. The number of alkyl halides is 6. The molecule has 1 fully saturated rings. The fraction of sp³-hybridized carbons (Fsp3) is 0.571. The largest absolute Gasteiger partial charge is 0.437 e. The van der Waals surface area contributed by atoms with E-state index in [1.807, 2.05) is 5.32 Å². The third kappa shape index (κ3) is 4.82. The number of fused-ring (bicyclic) bond motifs is 1. The van der Waals surface area contributed by atoms with Crippen LogP contribution in [0.2, 0.25) is 0 Å². The summed E-state index contributed by atoms with van der Waals surface area (Å²) in [5.74, 6) is -5.37. The number of aromatic nitrogens is 3. The minimum Gasteiger partial charge on any atom is -0.437 e. The second-order valence-corrected chi connectivity index (χ2v) is 9.03. The lowest BCUT2D eigenvalue weighted by molar-refractivity contribution is -0.102. The van der Waals surface area contributed by atoms with Crippen molar-refractivity contribution >= 4 is 12.0 Å². The lowest BCUT2D eigenvalue weighted by atomic mass is 9.86. The quantitative estimate of drug-likeness (QED) is 0.563. The Hall–Kier alpha value is -3.39. The zero-order chi connectivity index (χ0) is 26.4. The molecule has 2 atom stereocenters. The van der Waals surface area contributed by atoms with Gasteiger partial charge < -0.3 is 19.4 Å². The Balaban J connectivity index is 1.56. The Morgan fingerprint density at radius 3 is 2.64 bits per heavy atom. The number of alkyl carbamates (subject to hydrolysis) is 1. The van der Waals surface area contributed by atoms with E-state index in [0.29, 0.717) is 0 Å². The van der Waals surface area contributed by atoms with E-state index in [4.69, 9.17) is 4.42 Å². The molecule has 4 rings (SSSR count). The van der Waals surface area contributed by atoms with Crippen molar-refractivity contribution in [1.82, 2.24) is 25.4 Å². The maximum absolute atomic E-state index is 14.9. The highest BCUT2D eigenvalue weighted by molar-refractivity contribution is 5.99. The zero-order valence-electron chi connectivity index (χ0n) is 19.0. The third-order valence-corrected chi connectivity index (χ3v) is 6.06. The van der Waals surface area contributed by atoms with Gasteiger partial charge in [-0.2, -0.15) is 8.78 Å². The van der Waals surface area contributed by atoms with Crippen LogP contribution >= 0.6 is 0 Å². The maximum atomic E-state index is 14.9. The van der Waals surface area contributed by atoms with Gasteiger partial charge in [0.15, 0.2) is 5.60 Å². The smallest absolute Gasteiger partial charge is 0.408 e. The van der Waals surface area contributed by atoms with Crippen molar-refractivity contribution in [1.29, 1.82) is 0 Å². The molecule has 2 amide bonds. The highest BCUT2D eigenvalue weighted by atomic mass is 19.3. The van der Waals surface area contributed by atoms with Gasteiger partial charge in [-0.25, -0.2) is 22.4 Å². The first kappa shape index (κ1) is 25.7. The molecule has 1 unspecified atom stereocenters. The monoisotopic (exact) mass is 521 g/mol. The Kier molecular flexibility index (Phi) is 6.60. The number of amides is 2. The molecule has 0 saturated heterocycles. The van der Waals surface area contributed by atoms with Gasteiger partial charge in [0.2, 0.25) is 5.89 Å². The van der Waals surface area contributed by atoms with Gasteiger partial charge in [-0.05, 0) is 32.8 Å². The number of nitrogens with zero attached hydrogens (tertiary/aromatic N) is 4. The fourth-order valence-corrected chi connectivity index (χ4v) is 4.14.